The number of hydrogen-bond donors (Lipinski definition) is 2. The van der Waals surface area contributed by atoms with E-state index in [2.05, 4.69) is 16.9 Å². The van der Waals surface area contributed by atoms with Crippen LogP contribution in [0.2, 0.25) is 0 Å². The lowest BCUT2D eigenvalue weighted by molar-refractivity contribution is 0.0509. The molecule has 0 radical (unpaired) electrons. The molecule has 0 unspecified atom stereocenters. The van der Waals surface area contributed by atoms with Crippen molar-refractivity contribution in [3.8, 4) is 0 Å². The Bertz CT molecular complexity index is 806. The van der Waals surface area contributed by atoms with Gasteiger partial charge in [-0.1, -0.05) is 20.8 Å². The molecule has 0 aliphatic rings. The van der Waals surface area contributed by atoms with Gasteiger partial charge in [0.15, 0.2) is 0 Å². The SMILES string of the molecule is CCOC(=O)c1[nH]c(C(CC)c2[nH]c(C(=O)OCC)c(CC)c2C)c(C)c1CC. The predicted molar refractivity (Wildman–Crippen MR) is 114 cm³/mol. The number of nitrogens with one attached hydrogen (secondary N) is 2. The Balaban J connectivity index is 2.60. The van der Waals surface area contributed by atoms with Crippen LogP contribution in [0.15, 0.2) is 0 Å². The first kappa shape index (κ1) is 22.8. The Labute approximate surface area is 173 Å². The van der Waals surface area contributed by atoms with Crippen molar-refractivity contribution in [3.05, 3.63) is 45.0 Å². The highest BCUT2D eigenvalue weighted by molar-refractivity contribution is 5.91. The molecule has 160 valence electrons. The van der Waals surface area contributed by atoms with Gasteiger partial charge in [0.2, 0.25) is 0 Å². The van der Waals surface area contributed by atoms with Crippen LogP contribution in [-0.2, 0) is 22.3 Å². The van der Waals surface area contributed by atoms with E-state index in [0.29, 0.717) is 24.6 Å². The average molecular weight is 403 g/mol. The van der Waals surface area contributed by atoms with E-state index in [1.54, 1.807) is 13.8 Å². The van der Waals surface area contributed by atoms with Crippen molar-refractivity contribution in [3.63, 3.8) is 0 Å². The summed E-state index contributed by atoms with van der Waals surface area (Å²) in [5.41, 5.74) is 7.19. The quantitative estimate of drug-likeness (QED) is 0.579. The minimum atomic E-state index is -0.321. The molecule has 0 aliphatic heterocycles. The number of aromatic amines is 2. The van der Waals surface area contributed by atoms with Crippen molar-refractivity contribution in [2.45, 2.75) is 73.6 Å². The van der Waals surface area contributed by atoms with Crippen LogP contribution in [0.1, 0.15) is 102 Å². The molecule has 0 aromatic carbocycles. The number of H-pyrrole nitrogens is 2. The van der Waals surface area contributed by atoms with E-state index in [0.717, 1.165) is 52.9 Å². The number of carbonyl (C=O) groups excluding carboxylic acids is 2. The van der Waals surface area contributed by atoms with Crippen LogP contribution in [0.5, 0.6) is 0 Å². The molecular formula is C23H34N2O4. The second-order valence-corrected chi connectivity index (χ2v) is 7.14. The molecule has 0 amide bonds. The van der Waals surface area contributed by atoms with Crippen LogP contribution in [0.3, 0.4) is 0 Å². The number of hydrogen-bond acceptors (Lipinski definition) is 4. The molecule has 0 aliphatic carbocycles. The molecule has 2 rings (SSSR count). The van der Waals surface area contributed by atoms with Crippen LogP contribution in [0, 0.1) is 13.8 Å². The molecule has 2 N–H and O–H groups in total. The summed E-state index contributed by atoms with van der Waals surface area (Å²) >= 11 is 0. The molecule has 0 atom stereocenters. The summed E-state index contributed by atoms with van der Waals surface area (Å²) in [4.78, 5) is 31.6. The van der Waals surface area contributed by atoms with E-state index in [1.807, 2.05) is 27.7 Å². The third-order valence-electron chi connectivity index (χ3n) is 5.61. The molecule has 6 nitrogen and oxygen atoms in total. The summed E-state index contributed by atoms with van der Waals surface area (Å²) in [5, 5.41) is 0. The molecule has 0 saturated carbocycles. The number of carbonyl (C=O) groups is 2. The van der Waals surface area contributed by atoms with E-state index < -0.39 is 0 Å². The van der Waals surface area contributed by atoms with Crippen LogP contribution in [0.4, 0.5) is 0 Å². The largest absolute Gasteiger partial charge is 0.461 e. The minimum Gasteiger partial charge on any atom is -0.461 e. The molecule has 2 aromatic rings. The monoisotopic (exact) mass is 402 g/mol. The van der Waals surface area contributed by atoms with Gasteiger partial charge in [0.05, 0.1) is 13.2 Å². The Hall–Kier alpha value is -2.50. The van der Waals surface area contributed by atoms with Gasteiger partial charge in [0, 0.05) is 17.3 Å². The van der Waals surface area contributed by atoms with Gasteiger partial charge < -0.3 is 19.4 Å². The maximum absolute atomic E-state index is 12.4. The van der Waals surface area contributed by atoms with Crippen molar-refractivity contribution in [2.24, 2.45) is 0 Å². The van der Waals surface area contributed by atoms with Gasteiger partial charge in [-0.3, -0.25) is 0 Å². The van der Waals surface area contributed by atoms with Crippen LogP contribution in [-0.4, -0.2) is 35.1 Å². The Morgan fingerprint density at radius 1 is 0.759 bits per heavy atom. The van der Waals surface area contributed by atoms with Gasteiger partial charge in [0.1, 0.15) is 11.4 Å². The first-order valence-electron chi connectivity index (χ1n) is 10.6. The summed E-state index contributed by atoms with van der Waals surface area (Å²) in [5.74, 6) is -0.631. The van der Waals surface area contributed by atoms with E-state index >= 15 is 0 Å². The van der Waals surface area contributed by atoms with E-state index in [9.17, 15) is 9.59 Å². The highest BCUT2D eigenvalue weighted by Gasteiger charge is 2.29. The normalized spacial score (nSPS) is 11.2. The molecule has 2 aromatic heterocycles. The maximum atomic E-state index is 12.4. The average Bonchev–Trinajstić information content (AvgIpc) is 3.20. The zero-order chi connectivity index (χ0) is 21.7. The van der Waals surface area contributed by atoms with Crippen LogP contribution >= 0.6 is 0 Å². The Kier molecular flexibility index (Phi) is 7.71. The third-order valence-corrected chi connectivity index (χ3v) is 5.61. The lowest BCUT2D eigenvalue weighted by Crippen LogP contribution is -2.09. The fraction of sp³-hybridized carbons (Fsp3) is 0.565. The molecule has 2 heterocycles. The number of rotatable bonds is 9. The zero-order valence-electron chi connectivity index (χ0n) is 18.7. The fourth-order valence-corrected chi connectivity index (χ4v) is 4.20. The minimum absolute atomic E-state index is 0.0111. The number of ether oxygens (including phenoxy) is 2. The highest BCUT2D eigenvalue weighted by Crippen LogP contribution is 2.36. The van der Waals surface area contributed by atoms with Crippen molar-refractivity contribution in [1.82, 2.24) is 9.97 Å². The standard InChI is InChI=1S/C23H34N2O4/c1-8-15-13(6)18(24-20(15)22(26)28-11-4)17(10-3)19-14(7)16(9-2)21(25-19)23(27)29-12-5/h17,24-25H,8-12H2,1-7H3. The lowest BCUT2D eigenvalue weighted by Gasteiger charge is -2.16. The second kappa shape index (κ2) is 9.81. The van der Waals surface area contributed by atoms with E-state index in [4.69, 9.17) is 9.47 Å². The summed E-state index contributed by atoms with van der Waals surface area (Å²) < 4.78 is 10.5. The summed E-state index contributed by atoms with van der Waals surface area (Å²) in [6, 6.07) is 0. The second-order valence-electron chi connectivity index (χ2n) is 7.14. The topological polar surface area (TPSA) is 84.2 Å². The van der Waals surface area contributed by atoms with Crippen molar-refractivity contribution in [2.75, 3.05) is 13.2 Å². The molecule has 6 heteroatoms. The Morgan fingerprint density at radius 3 is 1.41 bits per heavy atom. The molecule has 29 heavy (non-hydrogen) atoms. The molecular weight excluding hydrogens is 368 g/mol. The van der Waals surface area contributed by atoms with Crippen LogP contribution < -0.4 is 0 Å². The predicted octanol–water partition coefficient (Wildman–Crippen LogP) is 4.98. The zero-order valence-corrected chi connectivity index (χ0v) is 18.7. The maximum Gasteiger partial charge on any atom is 0.355 e. The number of esters is 2. The molecule has 0 spiro atoms. The number of aromatic nitrogens is 2. The molecule has 0 saturated heterocycles. The van der Waals surface area contributed by atoms with Gasteiger partial charge >= 0.3 is 11.9 Å². The van der Waals surface area contributed by atoms with E-state index in [1.165, 1.54) is 0 Å². The fourth-order valence-electron chi connectivity index (χ4n) is 4.20. The summed E-state index contributed by atoms with van der Waals surface area (Å²) in [7, 11) is 0. The third kappa shape index (κ3) is 4.26. The van der Waals surface area contributed by atoms with Crippen molar-refractivity contribution < 1.29 is 19.1 Å². The lowest BCUT2D eigenvalue weighted by atomic mass is 9.91. The molecule has 0 bridgehead atoms. The Morgan fingerprint density at radius 2 is 1.14 bits per heavy atom. The van der Waals surface area contributed by atoms with Gasteiger partial charge in [-0.05, 0) is 69.2 Å². The first-order valence-corrected chi connectivity index (χ1v) is 10.6. The first-order chi connectivity index (χ1) is 13.9. The molecule has 0 fully saturated rings. The van der Waals surface area contributed by atoms with E-state index in [-0.39, 0.29) is 17.9 Å². The smallest absolute Gasteiger partial charge is 0.355 e. The summed E-state index contributed by atoms with van der Waals surface area (Å²) in [6.07, 6.45) is 2.30. The summed E-state index contributed by atoms with van der Waals surface area (Å²) in [6.45, 7) is 14.6. The van der Waals surface area contributed by atoms with Gasteiger partial charge in [0.25, 0.3) is 0 Å². The van der Waals surface area contributed by atoms with Crippen LogP contribution in [0.25, 0.3) is 0 Å². The van der Waals surface area contributed by atoms with Gasteiger partial charge in [-0.2, -0.15) is 0 Å². The van der Waals surface area contributed by atoms with Crippen molar-refractivity contribution >= 4 is 11.9 Å². The van der Waals surface area contributed by atoms with Crippen molar-refractivity contribution in [1.29, 1.82) is 0 Å². The van der Waals surface area contributed by atoms with Gasteiger partial charge in [-0.25, -0.2) is 9.59 Å². The highest BCUT2D eigenvalue weighted by atomic mass is 16.5. The van der Waals surface area contributed by atoms with Gasteiger partial charge in [-0.15, -0.1) is 0 Å².